The summed E-state index contributed by atoms with van der Waals surface area (Å²) >= 11 is 1.36. The fraction of sp³-hybridized carbons (Fsp3) is 0.0667. The van der Waals surface area contributed by atoms with E-state index >= 15 is 0 Å². The van der Waals surface area contributed by atoms with Crippen LogP contribution in [0.1, 0.15) is 10.4 Å². The first-order valence-corrected chi connectivity index (χ1v) is 7.05. The maximum atomic E-state index is 13.5. The molecule has 0 saturated carbocycles. The number of carboxylic acids is 1. The first-order valence-electron chi connectivity index (χ1n) is 6.07. The van der Waals surface area contributed by atoms with E-state index in [1.54, 1.807) is 0 Å². The number of carbonyl (C=O) groups excluding carboxylic acids is 1. The second-order valence-electron chi connectivity index (χ2n) is 4.15. The Morgan fingerprint density at radius 1 is 1.14 bits per heavy atom. The largest absolute Gasteiger partial charge is 0.478 e. The highest BCUT2D eigenvalue weighted by molar-refractivity contribution is 8.00. The summed E-state index contributed by atoms with van der Waals surface area (Å²) < 4.78 is 13.5. The summed E-state index contributed by atoms with van der Waals surface area (Å²) in [6, 6.07) is 12.9. The quantitative estimate of drug-likeness (QED) is 0.832. The molecule has 1 amide bonds. The van der Waals surface area contributed by atoms with Gasteiger partial charge >= 0.3 is 5.97 Å². The lowest BCUT2D eigenvalue weighted by atomic mass is 10.2. The van der Waals surface area contributed by atoms with Crippen molar-refractivity contribution in [2.24, 2.45) is 0 Å². The van der Waals surface area contributed by atoms with Crippen molar-refractivity contribution in [2.45, 2.75) is 4.90 Å². The smallest absolute Gasteiger partial charge is 0.338 e. The SMILES string of the molecule is O=C(CSc1ccccc1)Nc1ccc(C(=O)O)c(F)c1. The van der Waals surface area contributed by atoms with Crippen molar-refractivity contribution in [3.63, 3.8) is 0 Å². The summed E-state index contributed by atoms with van der Waals surface area (Å²) in [6.45, 7) is 0. The fourth-order valence-electron chi connectivity index (χ4n) is 1.63. The number of anilines is 1. The molecule has 0 fully saturated rings. The van der Waals surface area contributed by atoms with E-state index in [0.29, 0.717) is 0 Å². The van der Waals surface area contributed by atoms with Gasteiger partial charge in [0.25, 0.3) is 0 Å². The van der Waals surface area contributed by atoms with Crippen LogP contribution in [0, 0.1) is 5.82 Å². The first-order chi connectivity index (χ1) is 10.1. The number of hydrogen-bond donors (Lipinski definition) is 2. The number of hydrogen-bond acceptors (Lipinski definition) is 3. The van der Waals surface area contributed by atoms with Gasteiger partial charge in [-0.05, 0) is 30.3 Å². The first kappa shape index (κ1) is 15.1. The lowest BCUT2D eigenvalue weighted by Crippen LogP contribution is -2.14. The zero-order valence-electron chi connectivity index (χ0n) is 10.9. The van der Waals surface area contributed by atoms with E-state index in [2.05, 4.69) is 5.32 Å². The zero-order chi connectivity index (χ0) is 15.2. The fourth-order valence-corrected chi connectivity index (χ4v) is 2.35. The molecule has 2 N–H and O–H groups in total. The zero-order valence-corrected chi connectivity index (χ0v) is 11.7. The van der Waals surface area contributed by atoms with E-state index in [9.17, 15) is 14.0 Å². The van der Waals surface area contributed by atoms with Gasteiger partial charge in [0.2, 0.25) is 5.91 Å². The maximum absolute atomic E-state index is 13.5. The van der Waals surface area contributed by atoms with Gasteiger partial charge in [0.15, 0.2) is 0 Å². The maximum Gasteiger partial charge on any atom is 0.338 e. The third kappa shape index (κ3) is 4.32. The standard InChI is InChI=1S/C15H12FNO3S/c16-13-8-10(6-7-12(13)15(19)20)17-14(18)9-21-11-4-2-1-3-5-11/h1-8H,9H2,(H,17,18)(H,19,20). The van der Waals surface area contributed by atoms with E-state index in [1.807, 2.05) is 30.3 Å². The van der Waals surface area contributed by atoms with Gasteiger partial charge < -0.3 is 10.4 Å². The van der Waals surface area contributed by atoms with Crippen molar-refractivity contribution < 1.29 is 19.1 Å². The van der Waals surface area contributed by atoms with Crippen LogP contribution in [-0.2, 0) is 4.79 Å². The van der Waals surface area contributed by atoms with Crippen molar-refractivity contribution in [2.75, 3.05) is 11.1 Å². The minimum atomic E-state index is -1.34. The molecule has 0 spiro atoms. The van der Waals surface area contributed by atoms with Gasteiger partial charge in [-0.3, -0.25) is 4.79 Å². The summed E-state index contributed by atoms with van der Waals surface area (Å²) in [4.78, 5) is 23.4. The molecule has 0 aromatic heterocycles. The Balaban J connectivity index is 1.94. The molecule has 0 saturated heterocycles. The van der Waals surface area contributed by atoms with Crippen LogP contribution >= 0.6 is 11.8 Å². The Morgan fingerprint density at radius 2 is 1.86 bits per heavy atom. The molecule has 2 rings (SSSR count). The van der Waals surface area contributed by atoms with Gasteiger partial charge in [-0.1, -0.05) is 18.2 Å². The number of nitrogens with one attached hydrogen (secondary N) is 1. The third-order valence-corrected chi connectivity index (χ3v) is 3.61. The molecule has 0 heterocycles. The Bertz CT molecular complexity index is 661. The third-order valence-electron chi connectivity index (χ3n) is 2.60. The lowest BCUT2D eigenvalue weighted by molar-refractivity contribution is -0.113. The number of carboxylic acid groups (broad SMARTS) is 1. The van der Waals surface area contributed by atoms with Crippen molar-refractivity contribution >= 4 is 29.3 Å². The number of thioether (sulfide) groups is 1. The van der Waals surface area contributed by atoms with Crippen LogP contribution in [0.15, 0.2) is 53.4 Å². The Kier molecular flexibility index (Phi) is 4.94. The molecule has 0 aliphatic heterocycles. The van der Waals surface area contributed by atoms with Gasteiger partial charge in [0, 0.05) is 10.6 Å². The molecule has 0 radical (unpaired) electrons. The molecule has 0 aliphatic carbocycles. The molecule has 0 aliphatic rings. The van der Waals surface area contributed by atoms with E-state index in [4.69, 9.17) is 5.11 Å². The number of benzene rings is 2. The number of aromatic carboxylic acids is 1. The summed E-state index contributed by atoms with van der Waals surface area (Å²) in [5.41, 5.74) is -0.192. The minimum Gasteiger partial charge on any atom is -0.478 e. The van der Waals surface area contributed by atoms with Crippen LogP contribution in [0.3, 0.4) is 0 Å². The van der Waals surface area contributed by atoms with Crippen LogP contribution in [-0.4, -0.2) is 22.7 Å². The van der Waals surface area contributed by atoms with E-state index < -0.39 is 17.3 Å². The number of halogens is 1. The van der Waals surface area contributed by atoms with Crippen molar-refractivity contribution in [1.29, 1.82) is 0 Å². The van der Waals surface area contributed by atoms with Gasteiger partial charge in [-0.15, -0.1) is 11.8 Å². The predicted molar refractivity (Wildman–Crippen MR) is 79.2 cm³/mol. The summed E-state index contributed by atoms with van der Waals surface area (Å²) in [5, 5.41) is 11.2. The Hall–Kier alpha value is -2.34. The summed E-state index contributed by atoms with van der Waals surface area (Å²) in [7, 11) is 0. The van der Waals surface area contributed by atoms with E-state index in [0.717, 1.165) is 17.0 Å². The molecule has 2 aromatic carbocycles. The van der Waals surface area contributed by atoms with Crippen molar-refractivity contribution in [3.05, 3.63) is 59.9 Å². The molecule has 4 nitrogen and oxygen atoms in total. The molecular formula is C15H12FNO3S. The molecule has 21 heavy (non-hydrogen) atoms. The normalized spacial score (nSPS) is 10.1. The predicted octanol–water partition coefficient (Wildman–Crippen LogP) is 3.25. The topological polar surface area (TPSA) is 66.4 Å². The average molecular weight is 305 g/mol. The van der Waals surface area contributed by atoms with Gasteiger partial charge in [0.1, 0.15) is 5.82 Å². The highest BCUT2D eigenvalue weighted by Gasteiger charge is 2.11. The number of carbonyl (C=O) groups is 2. The second-order valence-corrected chi connectivity index (χ2v) is 5.20. The highest BCUT2D eigenvalue weighted by Crippen LogP contribution is 2.18. The monoisotopic (exact) mass is 305 g/mol. The average Bonchev–Trinajstić information content (AvgIpc) is 2.46. The molecule has 108 valence electrons. The Labute approximate surface area is 125 Å². The molecular weight excluding hydrogens is 293 g/mol. The van der Waals surface area contributed by atoms with Crippen LogP contribution in [0.25, 0.3) is 0 Å². The van der Waals surface area contributed by atoms with Gasteiger partial charge in [-0.25, -0.2) is 9.18 Å². The second kappa shape index (κ2) is 6.90. The summed E-state index contributed by atoms with van der Waals surface area (Å²) in [6.07, 6.45) is 0. The van der Waals surface area contributed by atoms with Crippen molar-refractivity contribution in [1.82, 2.24) is 0 Å². The van der Waals surface area contributed by atoms with Crippen LogP contribution in [0.5, 0.6) is 0 Å². The van der Waals surface area contributed by atoms with Crippen LogP contribution in [0.2, 0.25) is 0 Å². The van der Waals surface area contributed by atoms with Gasteiger partial charge in [-0.2, -0.15) is 0 Å². The van der Waals surface area contributed by atoms with E-state index in [1.165, 1.54) is 17.8 Å². The number of rotatable bonds is 5. The lowest BCUT2D eigenvalue weighted by Gasteiger charge is -2.06. The van der Waals surface area contributed by atoms with Crippen molar-refractivity contribution in [3.8, 4) is 0 Å². The summed E-state index contributed by atoms with van der Waals surface area (Å²) in [5.74, 6) is -2.32. The Morgan fingerprint density at radius 3 is 2.48 bits per heavy atom. The minimum absolute atomic E-state index is 0.187. The van der Waals surface area contributed by atoms with E-state index in [-0.39, 0.29) is 17.3 Å². The highest BCUT2D eigenvalue weighted by atomic mass is 32.2. The molecule has 2 aromatic rings. The van der Waals surface area contributed by atoms with Crippen LogP contribution < -0.4 is 5.32 Å². The van der Waals surface area contributed by atoms with Crippen LogP contribution in [0.4, 0.5) is 10.1 Å². The molecule has 0 atom stereocenters. The molecule has 6 heteroatoms. The van der Waals surface area contributed by atoms with Gasteiger partial charge in [0.05, 0.1) is 11.3 Å². The molecule has 0 unspecified atom stereocenters. The molecule has 0 bridgehead atoms. The number of amides is 1.